The van der Waals surface area contributed by atoms with Gasteiger partial charge in [-0.15, -0.1) is 0 Å². The maximum absolute atomic E-state index is 6.00. The second kappa shape index (κ2) is 9.53. The average Bonchev–Trinajstić information content (AvgIpc) is 3.37. The van der Waals surface area contributed by atoms with Gasteiger partial charge >= 0.3 is 0 Å². The van der Waals surface area contributed by atoms with Gasteiger partial charge < -0.3 is 29.1 Å². The summed E-state index contributed by atoms with van der Waals surface area (Å²) >= 11 is 0. The first-order chi connectivity index (χ1) is 15.1. The summed E-state index contributed by atoms with van der Waals surface area (Å²) in [5.41, 5.74) is 2.60. The molecule has 1 aromatic carbocycles. The number of methoxy groups -OCH3 is 2. The number of imidazole rings is 1. The highest BCUT2D eigenvalue weighted by atomic mass is 16.7. The van der Waals surface area contributed by atoms with Gasteiger partial charge in [0.2, 0.25) is 5.72 Å². The first-order valence-corrected chi connectivity index (χ1v) is 10.8. The monoisotopic (exact) mass is 425 g/mol. The zero-order valence-electron chi connectivity index (χ0n) is 18.5. The lowest BCUT2D eigenvalue weighted by molar-refractivity contribution is -0.118. The number of ether oxygens (including phenoxy) is 2. The number of hydrogen-bond donors (Lipinski definition) is 1. The van der Waals surface area contributed by atoms with Crippen LogP contribution in [0, 0.1) is 6.92 Å². The van der Waals surface area contributed by atoms with E-state index in [1.54, 1.807) is 20.5 Å². The summed E-state index contributed by atoms with van der Waals surface area (Å²) in [5.74, 6) is 1.64. The highest BCUT2D eigenvalue weighted by Gasteiger charge is 2.45. The third-order valence-corrected chi connectivity index (χ3v) is 5.81. The molecule has 1 fully saturated rings. The van der Waals surface area contributed by atoms with Crippen LogP contribution in [0.1, 0.15) is 30.5 Å². The maximum atomic E-state index is 6.00. The normalized spacial score (nSPS) is 17.9. The van der Waals surface area contributed by atoms with Crippen molar-refractivity contribution in [1.82, 2.24) is 19.8 Å². The van der Waals surface area contributed by atoms with Crippen molar-refractivity contribution in [1.29, 1.82) is 0 Å². The molecule has 2 aromatic rings. The van der Waals surface area contributed by atoms with Crippen molar-refractivity contribution in [3.8, 4) is 11.4 Å². The van der Waals surface area contributed by atoms with E-state index in [9.17, 15) is 0 Å². The summed E-state index contributed by atoms with van der Waals surface area (Å²) < 4.78 is 12.9. The number of benzene rings is 1. The Hall–Kier alpha value is -2.84. The molecule has 8 nitrogen and oxygen atoms in total. The van der Waals surface area contributed by atoms with E-state index in [-0.39, 0.29) is 5.72 Å². The molecule has 1 saturated heterocycles. The predicted molar refractivity (Wildman–Crippen MR) is 120 cm³/mol. The zero-order chi connectivity index (χ0) is 21.7. The number of aromatic nitrogens is 2. The number of nitrogens with zero attached hydrogens (tertiary/aromatic N) is 4. The van der Waals surface area contributed by atoms with Crippen molar-refractivity contribution in [2.75, 3.05) is 40.5 Å². The lowest BCUT2D eigenvalue weighted by atomic mass is 9.99. The SMILES string of the molecule is COCCCN1C(C=Cc2ccc(-n3cnc(C)c3)c(OC)c2)=NOC12CCNCC2. The molecule has 4 rings (SSSR count). The van der Waals surface area contributed by atoms with Crippen LogP contribution in [0.2, 0.25) is 0 Å². The number of rotatable bonds is 8. The molecule has 1 N–H and O–H groups in total. The summed E-state index contributed by atoms with van der Waals surface area (Å²) in [5, 5.41) is 7.85. The first-order valence-electron chi connectivity index (χ1n) is 10.8. The minimum Gasteiger partial charge on any atom is -0.495 e. The van der Waals surface area contributed by atoms with Crippen LogP contribution in [-0.4, -0.2) is 66.5 Å². The summed E-state index contributed by atoms with van der Waals surface area (Å²) in [6.45, 7) is 5.39. The van der Waals surface area contributed by atoms with Gasteiger partial charge in [-0.1, -0.05) is 17.3 Å². The van der Waals surface area contributed by atoms with Gasteiger partial charge in [-0.2, -0.15) is 0 Å². The van der Waals surface area contributed by atoms with Gasteiger partial charge in [-0.25, -0.2) is 4.98 Å². The van der Waals surface area contributed by atoms with Gasteiger partial charge in [0.05, 0.1) is 24.8 Å². The standard InChI is InChI=1S/C23H31N5O3/c1-18-16-27(17-25-18)20-7-5-19(15-21(20)30-3)6-8-22-26-31-23(9-11-24-12-10-23)28(22)13-4-14-29-2/h5-8,15-17,24H,4,9-14H2,1-3H3. The lowest BCUT2D eigenvalue weighted by Gasteiger charge is -2.39. The molecule has 0 unspecified atom stereocenters. The van der Waals surface area contributed by atoms with E-state index >= 15 is 0 Å². The molecule has 1 spiro atoms. The first kappa shape index (κ1) is 21.4. The van der Waals surface area contributed by atoms with Gasteiger partial charge in [0, 0.05) is 52.4 Å². The van der Waals surface area contributed by atoms with Gasteiger partial charge in [0.1, 0.15) is 5.75 Å². The Morgan fingerprint density at radius 2 is 2.06 bits per heavy atom. The number of nitrogens with one attached hydrogen (secondary N) is 1. The van der Waals surface area contributed by atoms with Crippen molar-refractivity contribution in [3.05, 3.63) is 48.1 Å². The van der Waals surface area contributed by atoms with Crippen LogP contribution < -0.4 is 10.1 Å². The van der Waals surface area contributed by atoms with Crippen LogP contribution in [0.25, 0.3) is 11.8 Å². The number of piperidine rings is 1. The van der Waals surface area contributed by atoms with E-state index in [0.29, 0.717) is 6.61 Å². The molecule has 3 heterocycles. The Kier molecular flexibility index (Phi) is 6.58. The van der Waals surface area contributed by atoms with Crippen LogP contribution >= 0.6 is 0 Å². The Labute approximate surface area is 183 Å². The second-order valence-electron chi connectivity index (χ2n) is 7.92. The van der Waals surface area contributed by atoms with Crippen molar-refractivity contribution < 1.29 is 14.3 Å². The number of oxime groups is 1. The van der Waals surface area contributed by atoms with Gasteiger partial charge in [0.15, 0.2) is 5.84 Å². The quantitative estimate of drug-likeness (QED) is 0.656. The highest BCUT2D eigenvalue weighted by molar-refractivity contribution is 5.97. The molecule has 0 aliphatic carbocycles. The largest absolute Gasteiger partial charge is 0.495 e. The Balaban J connectivity index is 1.53. The van der Waals surface area contributed by atoms with Crippen LogP contribution in [0.4, 0.5) is 0 Å². The molecule has 31 heavy (non-hydrogen) atoms. The van der Waals surface area contributed by atoms with Crippen LogP contribution in [-0.2, 0) is 9.57 Å². The fraction of sp³-hybridized carbons (Fsp3) is 0.478. The second-order valence-corrected chi connectivity index (χ2v) is 7.92. The van der Waals surface area contributed by atoms with E-state index in [4.69, 9.17) is 14.3 Å². The van der Waals surface area contributed by atoms with Crippen molar-refractivity contribution in [3.63, 3.8) is 0 Å². The molecule has 0 saturated carbocycles. The summed E-state index contributed by atoms with van der Waals surface area (Å²) in [7, 11) is 3.42. The molecular formula is C23H31N5O3. The molecule has 2 aliphatic rings. The van der Waals surface area contributed by atoms with Crippen LogP contribution in [0.15, 0.2) is 42.0 Å². The maximum Gasteiger partial charge on any atom is 0.213 e. The zero-order valence-corrected chi connectivity index (χ0v) is 18.5. The predicted octanol–water partition coefficient (Wildman–Crippen LogP) is 2.96. The fourth-order valence-corrected chi connectivity index (χ4v) is 4.16. The van der Waals surface area contributed by atoms with E-state index < -0.39 is 0 Å². The van der Waals surface area contributed by atoms with E-state index in [1.165, 1.54) is 0 Å². The molecule has 0 bridgehead atoms. The lowest BCUT2D eigenvalue weighted by Crippen LogP contribution is -2.54. The summed E-state index contributed by atoms with van der Waals surface area (Å²) in [4.78, 5) is 12.6. The number of hydrogen-bond acceptors (Lipinski definition) is 7. The van der Waals surface area contributed by atoms with Crippen LogP contribution in [0.5, 0.6) is 5.75 Å². The van der Waals surface area contributed by atoms with Gasteiger partial charge in [-0.05, 0) is 37.1 Å². The van der Waals surface area contributed by atoms with Gasteiger partial charge in [-0.3, -0.25) is 0 Å². The summed E-state index contributed by atoms with van der Waals surface area (Å²) in [6, 6.07) is 6.12. The topological polar surface area (TPSA) is 73.1 Å². The van der Waals surface area contributed by atoms with Crippen LogP contribution in [0.3, 0.4) is 0 Å². The van der Waals surface area contributed by atoms with E-state index in [0.717, 1.165) is 67.4 Å². The minimum atomic E-state index is -0.348. The number of amidine groups is 1. The summed E-state index contributed by atoms with van der Waals surface area (Å²) in [6.07, 6.45) is 10.6. The highest BCUT2D eigenvalue weighted by Crippen LogP contribution is 2.34. The smallest absolute Gasteiger partial charge is 0.213 e. The van der Waals surface area contributed by atoms with E-state index in [2.05, 4.69) is 32.5 Å². The Bertz CT molecular complexity index is 946. The molecule has 166 valence electrons. The Morgan fingerprint density at radius 3 is 2.77 bits per heavy atom. The molecule has 2 aliphatic heterocycles. The molecule has 0 radical (unpaired) electrons. The molecule has 8 heteroatoms. The van der Waals surface area contributed by atoms with E-state index in [1.807, 2.05) is 35.9 Å². The fourth-order valence-electron chi connectivity index (χ4n) is 4.16. The van der Waals surface area contributed by atoms with Crippen molar-refractivity contribution >= 4 is 11.9 Å². The average molecular weight is 426 g/mol. The molecule has 0 amide bonds. The minimum absolute atomic E-state index is 0.348. The van der Waals surface area contributed by atoms with Crippen molar-refractivity contribution in [2.45, 2.75) is 31.9 Å². The molecular weight excluding hydrogens is 394 g/mol. The number of aryl methyl sites for hydroxylation is 1. The third kappa shape index (κ3) is 4.60. The van der Waals surface area contributed by atoms with Crippen molar-refractivity contribution in [2.24, 2.45) is 5.16 Å². The molecule has 0 atom stereocenters. The molecule has 1 aromatic heterocycles. The van der Waals surface area contributed by atoms with Gasteiger partial charge in [0.25, 0.3) is 0 Å². The third-order valence-electron chi connectivity index (χ3n) is 5.81. The Morgan fingerprint density at radius 1 is 1.23 bits per heavy atom.